The fraction of sp³-hybridized carbons (Fsp3) is 0.158. The predicted octanol–water partition coefficient (Wildman–Crippen LogP) is 1.33. The maximum absolute atomic E-state index is 12.9. The highest BCUT2D eigenvalue weighted by molar-refractivity contribution is 7.80. The first-order valence-electron chi connectivity index (χ1n) is 8.56. The molecular formula is C19H16N4O5S. The molecule has 2 aromatic rings. The van der Waals surface area contributed by atoms with Crippen LogP contribution in [0, 0.1) is 16.0 Å². The molecule has 2 amide bonds. The minimum absolute atomic E-state index is 0.00695. The van der Waals surface area contributed by atoms with E-state index in [0.29, 0.717) is 5.69 Å². The molecule has 2 heterocycles. The summed E-state index contributed by atoms with van der Waals surface area (Å²) in [6.45, 7) is 3.72. The summed E-state index contributed by atoms with van der Waals surface area (Å²) in [6, 6.07) is 8.63. The molecule has 148 valence electrons. The van der Waals surface area contributed by atoms with Crippen molar-refractivity contribution in [3.63, 3.8) is 0 Å². The third kappa shape index (κ3) is 3.97. The molecule has 1 saturated heterocycles. The summed E-state index contributed by atoms with van der Waals surface area (Å²) in [5, 5.41) is 13.3. The number of nitrogens with one attached hydrogen (secondary N) is 1. The first-order chi connectivity index (χ1) is 13.8. The lowest BCUT2D eigenvalue weighted by molar-refractivity contribution is -0.384. The number of carbonyl (C=O) groups is 2. The van der Waals surface area contributed by atoms with E-state index in [4.69, 9.17) is 12.2 Å². The molecule has 3 rings (SSSR count). The van der Waals surface area contributed by atoms with Crippen molar-refractivity contribution in [3.8, 4) is 5.69 Å². The Morgan fingerprint density at radius 3 is 2.52 bits per heavy atom. The topological polar surface area (TPSA) is 115 Å². The number of rotatable bonds is 6. The fourth-order valence-corrected chi connectivity index (χ4v) is 3.26. The van der Waals surface area contributed by atoms with Crippen LogP contribution in [0.3, 0.4) is 0 Å². The van der Waals surface area contributed by atoms with E-state index in [1.807, 2.05) is 0 Å². The average Bonchev–Trinajstić information content (AvgIpc) is 2.69. The van der Waals surface area contributed by atoms with Crippen LogP contribution in [-0.4, -0.2) is 37.9 Å². The molecule has 0 aliphatic carbocycles. The Balaban J connectivity index is 1.91. The Hall–Kier alpha value is -3.66. The Morgan fingerprint density at radius 1 is 1.21 bits per heavy atom. The third-order valence-electron chi connectivity index (χ3n) is 4.46. The van der Waals surface area contributed by atoms with E-state index in [1.54, 1.807) is 6.07 Å². The summed E-state index contributed by atoms with van der Waals surface area (Å²) < 4.78 is 1.30. The molecule has 1 atom stereocenters. The Morgan fingerprint density at radius 2 is 1.90 bits per heavy atom. The molecule has 1 unspecified atom stereocenters. The van der Waals surface area contributed by atoms with Gasteiger partial charge in [-0.2, -0.15) is 0 Å². The molecule has 29 heavy (non-hydrogen) atoms. The number of carbonyl (C=O) groups excluding carboxylic acids is 2. The average molecular weight is 412 g/mol. The maximum atomic E-state index is 12.9. The van der Waals surface area contributed by atoms with Crippen molar-refractivity contribution >= 4 is 34.8 Å². The van der Waals surface area contributed by atoms with Gasteiger partial charge >= 0.3 is 0 Å². The van der Waals surface area contributed by atoms with Crippen molar-refractivity contribution in [2.75, 3.05) is 6.54 Å². The first kappa shape index (κ1) is 20.1. The molecule has 0 saturated carbocycles. The molecule has 0 spiro atoms. The predicted molar refractivity (Wildman–Crippen MR) is 109 cm³/mol. The number of hydrogen-bond acceptors (Lipinski definition) is 6. The van der Waals surface area contributed by atoms with Crippen molar-refractivity contribution < 1.29 is 14.5 Å². The zero-order valence-electron chi connectivity index (χ0n) is 15.1. The normalized spacial score (nSPS) is 16.5. The number of nitrogens with zero attached hydrogens (tertiary/aromatic N) is 3. The van der Waals surface area contributed by atoms with Gasteiger partial charge in [-0.25, -0.2) is 0 Å². The van der Waals surface area contributed by atoms with Crippen molar-refractivity contribution in [3.05, 3.63) is 81.3 Å². The monoisotopic (exact) mass is 412 g/mol. The number of amides is 2. The van der Waals surface area contributed by atoms with Gasteiger partial charge < -0.3 is 5.32 Å². The van der Waals surface area contributed by atoms with E-state index in [1.165, 1.54) is 52.1 Å². The van der Waals surface area contributed by atoms with Crippen molar-refractivity contribution in [1.29, 1.82) is 0 Å². The lowest BCUT2D eigenvalue weighted by Crippen LogP contribution is -2.58. The zero-order valence-corrected chi connectivity index (χ0v) is 15.9. The molecule has 1 fully saturated rings. The van der Waals surface area contributed by atoms with Crippen LogP contribution in [0.5, 0.6) is 0 Å². The van der Waals surface area contributed by atoms with Gasteiger partial charge in [0.05, 0.1) is 4.92 Å². The lowest BCUT2D eigenvalue weighted by Gasteiger charge is -2.31. The Kier molecular flexibility index (Phi) is 5.64. The second kappa shape index (κ2) is 8.15. The van der Waals surface area contributed by atoms with E-state index in [-0.39, 0.29) is 29.3 Å². The van der Waals surface area contributed by atoms with Crippen LogP contribution in [0.15, 0.2) is 60.0 Å². The van der Waals surface area contributed by atoms with Gasteiger partial charge in [-0.3, -0.25) is 34.0 Å². The number of thiocarbonyl (C=S) groups is 1. The standard InChI is InChI=1S/C19H16N4O5S/c1-2-9-22-18(26)15(16(24)20-19(22)29)11-12-4-3-10-21(17(12)25)13-5-7-14(8-6-13)23(27)28/h2-8,10,15H,1,9,11H2,(H,20,24,29). The largest absolute Gasteiger partial charge is 0.302 e. The van der Waals surface area contributed by atoms with Gasteiger partial charge in [0.15, 0.2) is 5.11 Å². The van der Waals surface area contributed by atoms with Gasteiger partial charge in [-0.15, -0.1) is 6.58 Å². The van der Waals surface area contributed by atoms with Crippen LogP contribution in [0.25, 0.3) is 5.69 Å². The minimum atomic E-state index is -1.10. The molecule has 0 radical (unpaired) electrons. The van der Waals surface area contributed by atoms with E-state index < -0.39 is 28.2 Å². The highest BCUT2D eigenvalue weighted by atomic mass is 32.1. The van der Waals surface area contributed by atoms with Gasteiger partial charge in [-0.1, -0.05) is 12.1 Å². The highest BCUT2D eigenvalue weighted by Gasteiger charge is 2.38. The number of pyridine rings is 1. The number of nitro benzene ring substituents is 1. The number of hydrogen-bond donors (Lipinski definition) is 1. The summed E-state index contributed by atoms with van der Waals surface area (Å²) >= 11 is 5.02. The summed E-state index contributed by atoms with van der Waals surface area (Å²) in [6.07, 6.45) is 2.89. The second-order valence-electron chi connectivity index (χ2n) is 6.27. The van der Waals surface area contributed by atoms with Gasteiger partial charge in [0, 0.05) is 36.1 Å². The Labute approximate surface area is 170 Å². The fourth-order valence-electron chi connectivity index (χ4n) is 2.99. The van der Waals surface area contributed by atoms with Crippen LogP contribution < -0.4 is 10.9 Å². The molecule has 1 aromatic heterocycles. The van der Waals surface area contributed by atoms with Crippen molar-refractivity contribution in [2.24, 2.45) is 5.92 Å². The third-order valence-corrected chi connectivity index (χ3v) is 4.78. The zero-order chi connectivity index (χ0) is 21.1. The summed E-state index contributed by atoms with van der Waals surface area (Å²) in [5.41, 5.74) is 0.160. The molecule has 1 N–H and O–H groups in total. The number of nitro groups is 1. The van der Waals surface area contributed by atoms with Crippen molar-refractivity contribution in [2.45, 2.75) is 6.42 Å². The second-order valence-corrected chi connectivity index (χ2v) is 6.66. The molecule has 1 aliphatic heterocycles. The van der Waals surface area contributed by atoms with Gasteiger partial charge in [0.2, 0.25) is 11.8 Å². The smallest absolute Gasteiger partial charge is 0.269 e. The number of benzene rings is 1. The number of non-ortho nitro benzene ring substituents is 1. The molecular weight excluding hydrogens is 396 g/mol. The van der Waals surface area contributed by atoms with Crippen molar-refractivity contribution in [1.82, 2.24) is 14.8 Å². The first-order valence-corrected chi connectivity index (χ1v) is 8.96. The summed E-state index contributed by atoms with van der Waals surface area (Å²) in [5.74, 6) is -2.16. The SMILES string of the molecule is C=CCN1C(=O)C(Cc2cccn(-c3ccc([N+](=O)[O-])cc3)c2=O)C(=O)NC1=S. The van der Waals surface area contributed by atoms with E-state index in [9.17, 15) is 24.5 Å². The van der Waals surface area contributed by atoms with E-state index >= 15 is 0 Å². The quantitative estimate of drug-likeness (QED) is 0.252. The van der Waals surface area contributed by atoms with Gasteiger partial charge in [0.1, 0.15) is 5.92 Å². The lowest BCUT2D eigenvalue weighted by atomic mass is 9.96. The number of aromatic nitrogens is 1. The van der Waals surface area contributed by atoms with Gasteiger partial charge in [0.25, 0.3) is 11.2 Å². The minimum Gasteiger partial charge on any atom is -0.302 e. The van der Waals surface area contributed by atoms with Crippen LogP contribution in [0.1, 0.15) is 5.56 Å². The van der Waals surface area contributed by atoms with E-state index in [0.717, 1.165) is 0 Å². The molecule has 10 heteroatoms. The highest BCUT2D eigenvalue weighted by Crippen LogP contribution is 2.17. The summed E-state index contributed by atoms with van der Waals surface area (Å²) in [7, 11) is 0. The van der Waals surface area contributed by atoms with Gasteiger partial charge in [-0.05, 0) is 36.8 Å². The Bertz CT molecular complexity index is 1080. The van der Waals surface area contributed by atoms with Crippen LogP contribution >= 0.6 is 12.2 Å². The van der Waals surface area contributed by atoms with E-state index in [2.05, 4.69) is 11.9 Å². The maximum Gasteiger partial charge on any atom is 0.269 e. The summed E-state index contributed by atoms with van der Waals surface area (Å²) in [4.78, 5) is 49.3. The molecule has 1 aromatic carbocycles. The molecule has 0 bridgehead atoms. The molecule has 9 nitrogen and oxygen atoms in total. The van der Waals surface area contributed by atoms with Crippen LogP contribution in [0.4, 0.5) is 5.69 Å². The molecule has 1 aliphatic rings. The van der Waals surface area contributed by atoms with Crippen LogP contribution in [-0.2, 0) is 16.0 Å². The van der Waals surface area contributed by atoms with Crippen LogP contribution in [0.2, 0.25) is 0 Å².